The predicted molar refractivity (Wildman–Crippen MR) is 87.7 cm³/mol. The third-order valence-corrected chi connectivity index (χ3v) is 6.31. The number of hydrogen-bond donors (Lipinski definition) is 0. The van der Waals surface area contributed by atoms with E-state index >= 15 is 0 Å². The molecular weight excluding hydrogens is 336 g/mol. The normalized spacial score (nSPS) is 28.8. The van der Waals surface area contributed by atoms with Crippen LogP contribution in [0.2, 0.25) is 0 Å². The van der Waals surface area contributed by atoms with E-state index in [-0.39, 0.29) is 5.41 Å². The van der Waals surface area contributed by atoms with Crippen molar-refractivity contribution in [2.24, 2.45) is 5.41 Å². The molecule has 0 saturated heterocycles. The summed E-state index contributed by atoms with van der Waals surface area (Å²) in [5.41, 5.74) is 1.47. The summed E-state index contributed by atoms with van der Waals surface area (Å²) in [5.74, 6) is 0.966. The van der Waals surface area contributed by atoms with Gasteiger partial charge in [-0.3, -0.25) is 0 Å². The molecule has 2 saturated carbocycles. The zero-order chi connectivity index (χ0) is 14.2. The lowest BCUT2D eigenvalue weighted by Crippen LogP contribution is -2.57. The maximum Gasteiger partial charge on any atom is 0.133 e. The molecule has 0 radical (unpaired) electrons. The van der Waals surface area contributed by atoms with Gasteiger partial charge in [-0.1, -0.05) is 31.7 Å². The number of alkyl halides is 1. The van der Waals surface area contributed by atoms with Crippen LogP contribution in [0, 0.1) is 12.3 Å². The second kappa shape index (κ2) is 5.88. The monoisotopic (exact) mass is 356 g/mol. The van der Waals surface area contributed by atoms with Gasteiger partial charge in [0.05, 0.1) is 4.47 Å². The van der Waals surface area contributed by atoms with Gasteiger partial charge in [0, 0.05) is 17.2 Å². The van der Waals surface area contributed by atoms with Crippen molar-refractivity contribution in [2.75, 3.05) is 0 Å². The summed E-state index contributed by atoms with van der Waals surface area (Å²) in [7, 11) is 0. The van der Waals surface area contributed by atoms with Gasteiger partial charge in [0.15, 0.2) is 0 Å². The Kier molecular flexibility index (Phi) is 4.33. The smallest absolute Gasteiger partial charge is 0.133 e. The lowest BCUT2D eigenvalue weighted by Gasteiger charge is -2.53. The van der Waals surface area contributed by atoms with Gasteiger partial charge in [0.25, 0.3) is 0 Å². The molecule has 0 heterocycles. The van der Waals surface area contributed by atoms with E-state index in [1.165, 1.54) is 44.1 Å². The Morgan fingerprint density at radius 3 is 2.50 bits per heavy atom. The summed E-state index contributed by atoms with van der Waals surface area (Å²) in [4.78, 5) is 0. The van der Waals surface area contributed by atoms with Crippen molar-refractivity contribution >= 4 is 27.5 Å². The molecule has 1 nitrogen and oxygen atoms in total. The van der Waals surface area contributed by atoms with E-state index in [9.17, 15) is 0 Å². The summed E-state index contributed by atoms with van der Waals surface area (Å²) >= 11 is 10.2. The molecular formula is C17H22BrClO. The molecule has 2 fully saturated rings. The molecule has 20 heavy (non-hydrogen) atoms. The van der Waals surface area contributed by atoms with Crippen molar-refractivity contribution in [2.45, 2.75) is 63.4 Å². The van der Waals surface area contributed by atoms with Crippen molar-refractivity contribution in [3.05, 3.63) is 28.2 Å². The first-order chi connectivity index (χ1) is 9.62. The predicted octanol–water partition coefficient (Wildman–Crippen LogP) is 5.86. The van der Waals surface area contributed by atoms with Crippen molar-refractivity contribution < 1.29 is 4.74 Å². The van der Waals surface area contributed by atoms with Crippen LogP contribution in [-0.4, -0.2) is 11.5 Å². The third-order valence-electron chi connectivity index (χ3n) is 5.08. The van der Waals surface area contributed by atoms with Gasteiger partial charge in [-0.15, -0.1) is 11.6 Å². The zero-order valence-electron chi connectivity index (χ0n) is 12.0. The Labute approximate surface area is 135 Å². The molecule has 1 aromatic carbocycles. The molecule has 110 valence electrons. The minimum Gasteiger partial charge on any atom is -0.489 e. The average Bonchev–Trinajstić information content (AvgIpc) is 2.69. The molecule has 0 N–H and O–H groups in total. The molecule has 3 rings (SSSR count). The summed E-state index contributed by atoms with van der Waals surface area (Å²) in [6, 6.07) is 6.30. The Balaban J connectivity index is 1.76. The van der Waals surface area contributed by atoms with E-state index in [0.717, 1.165) is 16.6 Å². The summed E-state index contributed by atoms with van der Waals surface area (Å²) in [6.07, 6.45) is 9.06. The maximum absolute atomic E-state index is 6.59. The SMILES string of the molecule is Cc1ccc(OC2CC(Cl)C23CCCCCC3)c(Br)c1. The number of aryl methyl sites for hydroxylation is 1. The standard InChI is InChI=1S/C17H22BrClO/c1-12-6-7-14(13(18)10-12)20-16-11-15(19)17(16)8-4-2-3-5-9-17/h6-7,10,15-16H,2-5,8-9,11H2,1H3. The number of halogens is 2. The minimum absolute atomic E-state index is 0.225. The average molecular weight is 358 g/mol. The van der Waals surface area contributed by atoms with E-state index in [1.807, 2.05) is 0 Å². The van der Waals surface area contributed by atoms with Crippen LogP contribution in [0.25, 0.3) is 0 Å². The Hall–Kier alpha value is -0.210. The quantitative estimate of drug-likeness (QED) is 0.603. The van der Waals surface area contributed by atoms with E-state index in [0.29, 0.717) is 11.5 Å². The first-order valence-corrected chi connectivity index (χ1v) is 8.92. The van der Waals surface area contributed by atoms with Crippen LogP contribution >= 0.6 is 27.5 Å². The van der Waals surface area contributed by atoms with E-state index in [4.69, 9.17) is 16.3 Å². The second-order valence-corrected chi connectivity index (χ2v) is 7.77. The van der Waals surface area contributed by atoms with Crippen LogP contribution in [-0.2, 0) is 0 Å². The molecule has 3 heteroatoms. The van der Waals surface area contributed by atoms with Crippen LogP contribution in [0.3, 0.4) is 0 Å². The van der Waals surface area contributed by atoms with Crippen LogP contribution in [0.5, 0.6) is 5.75 Å². The number of rotatable bonds is 2. The van der Waals surface area contributed by atoms with E-state index < -0.39 is 0 Å². The highest BCUT2D eigenvalue weighted by Crippen LogP contribution is 2.55. The van der Waals surface area contributed by atoms with Crippen molar-refractivity contribution in [3.8, 4) is 5.75 Å². The van der Waals surface area contributed by atoms with Gasteiger partial charge in [-0.2, -0.15) is 0 Å². The van der Waals surface area contributed by atoms with Gasteiger partial charge >= 0.3 is 0 Å². The van der Waals surface area contributed by atoms with E-state index in [2.05, 4.69) is 41.1 Å². The number of hydrogen-bond acceptors (Lipinski definition) is 1. The topological polar surface area (TPSA) is 9.23 Å². The van der Waals surface area contributed by atoms with Crippen LogP contribution in [0.15, 0.2) is 22.7 Å². The minimum atomic E-state index is 0.225. The maximum atomic E-state index is 6.59. The lowest BCUT2D eigenvalue weighted by molar-refractivity contribution is -0.0516. The molecule has 0 aromatic heterocycles. The number of ether oxygens (including phenoxy) is 1. The fourth-order valence-corrected chi connectivity index (χ4v) is 4.85. The van der Waals surface area contributed by atoms with Gasteiger partial charge in [0.1, 0.15) is 11.9 Å². The third kappa shape index (κ3) is 2.62. The molecule has 0 amide bonds. The fraction of sp³-hybridized carbons (Fsp3) is 0.647. The molecule has 0 bridgehead atoms. The van der Waals surface area contributed by atoms with Gasteiger partial charge in [-0.05, 0) is 53.4 Å². The van der Waals surface area contributed by atoms with Crippen molar-refractivity contribution in [1.82, 2.24) is 0 Å². The zero-order valence-corrected chi connectivity index (χ0v) is 14.3. The summed E-state index contributed by atoms with van der Waals surface area (Å²) < 4.78 is 7.38. The highest BCUT2D eigenvalue weighted by molar-refractivity contribution is 9.10. The molecule has 2 unspecified atom stereocenters. The molecule has 2 aliphatic rings. The summed E-state index contributed by atoms with van der Waals surface area (Å²) in [6.45, 7) is 2.10. The van der Waals surface area contributed by atoms with Crippen molar-refractivity contribution in [3.63, 3.8) is 0 Å². The molecule has 1 spiro atoms. The first-order valence-electron chi connectivity index (χ1n) is 7.69. The van der Waals surface area contributed by atoms with Crippen LogP contribution in [0.1, 0.15) is 50.5 Å². The molecule has 1 aromatic rings. The number of benzene rings is 1. The lowest BCUT2D eigenvalue weighted by atomic mass is 9.61. The molecule has 0 aliphatic heterocycles. The largest absolute Gasteiger partial charge is 0.489 e. The first kappa shape index (κ1) is 14.7. The van der Waals surface area contributed by atoms with Gasteiger partial charge in [-0.25, -0.2) is 0 Å². The van der Waals surface area contributed by atoms with Crippen LogP contribution < -0.4 is 4.74 Å². The second-order valence-electron chi connectivity index (χ2n) is 6.39. The molecule has 2 aliphatic carbocycles. The Bertz CT molecular complexity index is 480. The summed E-state index contributed by atoms with van der Waals surface area (Å²) in [5, 5.41) is 0.301. The fourth-order valence-electron chi connectivity index (χ4n) is 3.74. The van der Waals surface area contributed by atoms with Gasteiger partial charge in [0.2, 0.25) is 0 Å². The van der Waals surface area contributed by atoms with Gasteiger partial charge < -0.3 is 4.74 Å². The highest BCUT2D eigenvalue weighted by atomic mass is 79.9. The van der Waals surface area contributed by atoms with Crippen molar-refractivity contribution in [1.29, 1.82) is 0 Å². The Morgan fingerprint density at radius 1 is 1.20 bits per heavy atom. The molecule has 2 atom stereocenters. The van der Waals surface area contributed by atoms with E-state index in [1.54, 1.807) is 0 Å². The highest BCUT2D eigenvalue weighted by Gasteiger charge is 2.55. The van der Waals surface area contributed by atoms with Crippen LogP contribution in [0.4, 0.5) is 0 Å². The Morgan fingerprint density at radius 2 is 1.90 bits per heavy atom.